The van der Waals surface area contributed by atoms with Crippen molar-refractivity contribution < 1.29 is 38.6 Å². The van der Waals surface area contributed by atoms with Gasteiger partial charge in [0.2, 0.25) is 0 Å². The number of carbonyl (C=O) groups excluding carboxylic acids is 2. The van der Waals surface area contributed by atoms with Crippen molar-refractivity contribution in [1.82, 2.24) is 4.90 Å². The Labute approximate surface area is 258 Å². The first-order chi connectivity index (χ1) is 21.7. The van der Waals surface area contributed by atoms with Crippen molar-refractivity contribution in [2.75, 3.05) is 21.3 Å². The number of carbonyl (C=O) groups is 3. The number of amides is 1. The monoisotopic (exact) mass is 610 g/mol. The molecule has 4 atom stereocenters. The Morgan fingerprint density at radius 1 is 0.756 bits per heavy atom. The maximum absolute atomic E-state index is 14.5. The van der Waals surface area contributed by atoms with Crippen LogP contribution in [-0.4, -0.2) is 60.0 Å². The molecule has 230 valence electrons. The van der Waals surface area contributed by atoms with Crippen molar-refractivity contribution in [3.8, 4) is 17.2 Å². The molecule has 1 fully saturated rings. The number of nitro groups is 1. The summed E-state index contributed by atoms with van der Waals surface area (Å²) >= 11 is 0. The summed E-state index contributed by atoms with van der Waals surface area (Å²) in [6.07, 6.45) is 0. The number of ketones is 1. The minimum Gasteiger partial charge on any atom is -0.497 e. The number of Topliss-reactive ketones (excluding diaryl/α,β-unsaturated/α-hetero) is 1. The highest BCUT2D eigenvalue weighted by Crippen LogP contribution is 2.52. The van der Waals surface area contributed by atoms with Gasteiger partial charge in [0.1, 0.15) is 11.8 Å². The number of non-ortho nitro benzene ring substituents is 1. The van der Waals surface area contributed by atoms with E-state index in [1.165, 1.54) is 62.6 Å². The second-order valence-electron chi connectivity index (χ2n) is 10.4. The number of hydrogen-bond acceptors (Lipinski definition) is 8. The van der Waals surface area contributed by atoms with Gasteiger partial charge in [0.05, 0.1) is 38.2 Å². The minimum absolute atomic E-state index is 0.118. The van der Waals surface area contributed by atoms with E-state index in [9.17, 15) is 29.6 Å². The summed E-state index contributed by atoms with van der Waals surface area (Å²) in [4.78, 5) is 54.3. The van der Waals surface area contributed by atoms with Crippen LogP contribution in [0.15, 0.2) is 97.1 Å². The molecule has 1 amide bonds. The Morgan fingerprint density at radius 3 is 1.93 bits per heavy atom. The van der Waals surface area contributed by atoms with E-state index in [1.54, 1.807) is 60.7 Å². The Balaban J connectivity index is 1.77. The van der Waals surface area contributed by atoms with Gasteiger partial charge in [0.15, 0.2) is 17.3 Å². The molecular weight excluding hydrogens is 580 g/mol. The van der Waals surface area contributed by atoms with Gasteiger partial charge >= 0.3 is 5.97 Å². The summed E-state index contributed by atoms with van der Waals surface area (Å²) in [5.74, 6) is -3.37. The van der Waals surface area contributed by atoms with E-state index in [4.69, 9.17) is 14.2 Å². The molecule has 1 heterocycles. The number of nitro benzene ring substituents is 1. The number of hydrogen-bond donors (Lipinski definition) is 1. The van der Waals surface area contributed by atoms with E-state index in [0.29, 0.717) is 28.2 Å². The highest BCUT2D eigenvalue weighted by molar-refractivity contribution is 6.03. The first-order valence-corrected chi connectivity index (χ1v) is 13.9. The number of rotatable bonds is 10. The zero-order chi connectivity index (χ0) is 32.2. The standard InChI is InChI=1S/C34H30N2O9/c1-43-25-16-11-21(12-17-25)30-29(32(37)22-7-5-4-6-8-22)28(20-9-14-24(15-10-20)36(41)42)31(34(39)40)35(30)33(38)23-13-18-26(44-2)27(19-23)45-3/h4-19,28-31H,1-3H3,(H,39,40). The lowest BCUT2D eigenvalue weighted by atomic mass is 9.76. The fourth-order valence-electron chi connectivity index (χ4n) is 6.03. The smallest absolute Gasteiger partial charge is 0.327 e. The fourth-order valence-corrected chi connectivity index (χ4v) is 6.03. The van der Waals surface area contributed by atoms with Crippen LogP contribution in [-0.2, 0) is 4.79 Å². The van der Waals surface area contributed by atoms with Crippen molar-refractivity contribution in [3.05, 3.63) is 129 Å². The molecule has 11 nitrogen and oxygen atoms in total. The third-order valence-corrected chi connectivity index (χ3v) is 8.09. The number of likely N-dealkylation sites (tertiary alicyclic amines) is 1. The highest BCUT2D eigenvalue weighted by Gasteiger charge is 2.57. The molecule has 0 aliphatic carbocycles. The molecule has 5 rings (SSSR count). The van der Waals surface area contributed by atoms with Crippen LogP contribution >= 0.6 is 0 Å². The molecule has 1 N–H and O–H groups in total. The lowest BCUT2D eigenvalue weighted by molar-refractivity contribution is -0.384. The zero-order valence-corrected chi connectivity index (χ0v) is 24.7. The predicted octanol–water partition coefficient (Wildman–Crippen LogP) is 5.55. The van der Waals surface area contributed by atoms with E-state index in [-0.39, 0.29) is 22.8 Å². The molecule has 0 bridgehead atoms. The number of carboxylic acid groups (broad SMARTS) is 1. The van der Waals surface area contributed by atoms with Gasteiger partial charge in [-0.15, -0.1) is 0 Å². The Morgan fingerprint density at radius 2 is 1.38 bits per heavy atom. The maximum Gasteiger partial charge on any atom is 0.327 e. The summed E-state index contributed by atoms with van der Waals surface area (Å²) in [6, 6.07) is 22.5. The van der Waals surface area contributed by atoms with Gasteiger partial charge in [0.25, 0.3) is 11.6 Å². The van der Waals surface area contributed by atoms with Gasteiger partial charge in [-0.05, 0) is 41.5 Å². The SMILES string of the molecule is COc1ccc(C2C(C(=O)c3ccccc3)C(c3ccc([N+](=O)[O-])cc3)C(C(=O)O)N2C(=O)c2ccc(OC)c(OC)c2)cc1. The molecular formula is C34H30N2O9. The van der Waals surface area contributed by atoms with E-state index in [1.807, 2.05) is 0 Å². The molecule has 0 radical (unpaired) electrons. The minimum atomic E-state index is -1.53. The molecule has 45 heavy (non-hydrogen) atoms. The fraction of sp³-hybridized carbons (Fsp3) is 0.206. The summed E-state index contributed by atoms with van der Waals surface area (Å²) in [6.45, 7) is 0. The van der Waals surface area contributed by atoms with E-state index in [2.05, 4.69) is 0 Å². The van der Waals surface area contributed by atoms with Crippen molar-refractivity contribution in [2.24, 2.45) is 5.92 Å². The van der Waals surface area contributed by atoms with Gasteiger partial charge in [-0.3, -0.25) is 19.7 Å². The molecule has 11 heteroatoms. The molecule has 1 aliphatic rings. The molecule has 0 aromatic heterocycles. The number of methoxy groups -OCH3 is 3. The topological polar surface area (TPSA) is 146 Å². The van der Waals surface area contributed by atoms with E-state index < -0.39 is 40.7 Å². The third-order valence-electron chi connectivity index (χ3n) is 8.09. The number of nitrogens with zero attached hydrogens (tertiary/aromatic N) is 2. The lowest BCUT2D eigenvalue weighted by Gasteiger charge is -2.30. The summed E-state index contributed by atoms with van der Waals surface area (Å²) in [5, 5.41) is 22.2. The van der Waals surface area contributed by atoms with Crippen LogP contribution in [0.3, 0.4) is 0 Å². The highest BCUT2D eigenvalue weighted by atomic mass is 16.6. The van der Waals surface area contributed by atoms with Gasteiger partial charge in [-0.25, -0.2) is 4.79 Å². The summed E-state index contributed by atoms with van der Waals surface area (Å²) in [5.41, 5.74) is 1.13. The van der Waals surface area contributed by atoms with Crippen LogP contribution in [0, 0.1) is 16.0 Å². The largest absolute Gasteiger partial charge is 0.497 e. The van der Waals surface area contributed by atoms with Crippen molar-refractivity contribution in [2.45, 2.75) is 18.0 Å². The third kappa shape index (κ3) is 5.79. The van der Waals surface area contributed by atoms with Crippen LogP contribution in [0.4, 0.5) is 5.69 Å². The second-order valence-corrected chi connectivity index (χ2v) is 10.4. The van der Waals surface area contributed by atoms with E-state index >= 15 is 0 Å². The van der Waals surface area contributed by atoms with Crippen LogP contribution in [0.5, 0.6) is 17.2 Å². The number of aliphatic carboxylic acids is 1. The number of ether oxygens (including phenoxy) is 3. The van der Waals surface area contributed by atoms with Gasteiger partial charge in [-0.1, -0.05) is 54.6 Å². The molecule has 4 unspecified atom stereocenters. The molecule has 0 saturated carbocycles. The molecule has 1 saturated heterocycles. The zero-order valence-electron chi connectivity index (χ0n) is 24.7. The number of benzene rings is 4. The Hall–Kier alpha value is -5.71. The Kier molecular flexibility index (Phi) is 8.80. The van der Waals surface area contributed by atoms with E-state index in [0.717, 1.165) is 0 Å². The normalized spacial score (nSPS) is 19.0. The first kappa shape index (κ1) is 30.7. The lowest BCUT2D eigenvalue weighted by Crippen LogP contribution is -2.43. The van der Waals surface area contributed by atoms with Gasteiger partial charge < -0.3 is 24.2 Å². The average molecular weight is 611 g/mol. The van der Waals surface area contributed by atoms with Crippen LogP contribution in [0.1, 0.15) is 43.8 Å². The predicted molar refractivity (Wildman–Crippen MR) is 163 cm³/mol. The molecule has 4 aromatic rings. The van der Waals surface area contributed by atoms with Crippen LogP contribution < -0.4 is 14.2 Å². The van der Waals surface area contributed by atoms with Crippen molar-refractivity contribution in [1.29, 1.82) is 0 Å². The summed E-state index contributed by atoms with van der Waals surface area (Å²) < 4.78 is 16.0. The quantitative estimate of drug-likeness (QED) is 0.139. The van der Waals surface area contributed by atoms with Crippen LogP contribution in [0.25, 0.3) is 0 Å². The molecule has 0 spiro atoms. The second kappa shape index (κ2) is 12.9. The first-order valence-electron chi connectivity index (χ1n) is 13.9. The summed E-state index contributed by atoms with van der Waals surface area (Å²) in [7, 11) is 4.38. The van der Waals surface area contributed by atoms with Gasteiger partial charge in [-0.2, -0.15) is 0 Å². The van der Waals surface area contributed by atoms with Crippen molar-refractivity contribution in [3.63, 3.8) is 0 Å². The van der Waals surface area contributed by atoms with Crippen LogP contribution in [0.2, 0.25) is 0 Å². The van der Waals surface area contributed by atoms with Gasteiger partial charge in [0, 0.05) is 29.2 Å². The molecule has 4 aromatic carbocycles. The maximum atomic E-state index is 14.5. The Bertz CT molecular complexity index is 1720. The average Bonchev–Trinajstić information content (AvgIpc) is 3.44. The number of carboxylic acids is 1. The molecule has 1 aliphatic heterocycles. The van der Waals surface area contributed by atoms with Crippen molar-refractivity contribution >= 4 is 23.3 Å².